The average molecular weight is 333 g/mol. The van der Waals surface area contributed by atoms with Crippen LogP contribution in [-0.2, 0) is 14.3 Å². The predicted octanol–water partition coefficient (Wildman–Crippen LogP) is 2.16. The van der Waals surface area contributed by atoms with Gasteiger partial charge in [0.1, 0.15) is 0 Å². The van der Waals surface area contributed by atoms with Crippen LogP contribution in [0.15, 0.2) is 47.5 Å². The van der Waals surface area contributed by atoms with Crippen molar-refractivity contribution in [3.8, 4) is 0 Å². The Morgan fingerprint density at radius 3 is 2.43 bits per heavy atom. The molecule has 0 N–H and O–H groups in total. The quantitative estimate of drug-likeness (QED) is 0.799. The van der Waals surface area contributed by atoms with Gasteiger partial charge in [-0.05, 0) is 44.0 Å². The minimum Gasteiger partial charge on any atom is -0.355 e. The molecule has 1 aliphatic rings. The molecule has 2 aromatic rings. The highest BCUT2D eigenvalue weighted by molar-refractivity contribution is 7.86. The molecule has 6 nitrogen and oxygen atoms in total. The molecule has 23 heavy (non-hydrogen) atoms. The molecule has 1 fully saturated rings. The molecule has 0 unspecified atom stereocenters. The molecule has 0 saturated carbocycles. The third kappa shape index (κ3) is 3.86. The number of anilines is 1. The molecule has 0 spiro atoms. The van der Waals surface area contributed by atoms with E-state index in [0.717, 1.165) is 11.4 Å². The van der Waals surface area contributed by atoms with Gasteiger partial charge in [0.25, 0.3) is 10.1 Å². The molecule has 2 heterocycles. The summed E-state index contributed by atoms with van der Waals surface area (Å²) in [6.45, 7) is 3.32. The summed E-state index contributed by atoms with van der Waals surface area (Å²) in [6, 6.07) is 10.4. The highest BCUT2D eigenvalue weighted by Crippen LogP contribution is 2.23. The SMILES string of the molecule is Cc1ccc(S(=O)(=O)OC2CCN(c3cccnn3)CC2)cc1. The van der Waals surface area contributed by atoms with E-state index in [0.29, 0.717) is 25.9 Å². The van der Waals surface area contributed by atoms with Crippen LogP contribution in [0.3, 0.4) is 0 Å². The lowest BCUT2D eigenvalue weighted by atomic mass is 10.1. The van der Waals surface area contributed by atoms with Crippen LogP contribution >= 0.6 is 0 Å². The van der Waals surface area contributed by atoms with Gasteiger partial charge in [-0.25, -0.2) is 0 Å². The molecule has 1 aliphatic heterocycles. The molecule has 0 amide bonds. The second-order valence-corrected chi connectivity index (χ2v) is 7.20. The van der Waals surface area contributed by atoms with Crippen molar-refractivity contribution in [3.05, 3.63) is 48.2 Å². The number of rotatable bonds is 4. The van der Waals surface area contributed by atoms with Gasteiger partial charge in [-0.2, -0.15) is 13.5 Å². The van der Waals surface area contributed by atoms with Crippen LogP contribution < -0.4 is 4.90 Å². The van der Waals surface area contributed by atoms with Gasteiger partial charge in [0.15, 0.2) is 5.82 Å². The first-order valence-corrected chi connectivity index (χ1v) is 8.98. The average Bonchev–Trinajstić information content (AvgIpc) is 2.56. The van der Waals surface area contributed by atoms with Crippen molar-refractivity contribution in [1.29, 1.82) is 0 Å². The Balaban J connectivity index is 1.61. The zero-order chi connectivity index (χ0) is 16.3. The van der Waals surface area contributed by atoms with Crippen LogP contribution in [0.5, 0.6) is 0 Å². The van der Waals surface area contributed by atoms with Crippen LogP contribution in [0.25, 0.3) is 0 Å². The summed E-state index contributed by atoms with van der Waals surface area (Å²) in [5.41, 5.74) is 1.02. The van der Waals surface area contributed by atoms with Crippen LogP contribution in [0, 0.1) is 6.92 Å². The van der Waals surface area contributed by atoms with Crippen LogP contribution in [-0.4, -0.2) is 37.8 Å². The van der Waals surface area contributed by atoms with Gasteiger partial charge in [-0.15, -0.1) is 5.10 Å². The minimum atomic E-state index is -3.71. The maximum atomic E-state index is 12.3. The van der Waals surface area contributed by atoms with Crippen molar-refractivity contribution >= 4 is 15.9 Å². The third-order valence-corrected chi connectivity index (χ3v) is 5.27. The normalized spacial score (nSPS) is 16.5. The number of hydrogen-bond donors (Lipinski definition) is 0. The van der Waals surface area contributed by atoms with E-state index in [-0.39, 0.29) is 11.0 Å². The van der Waals surface area contributed by atoms with Gasteiger partial charge in [0, 0.05) is 19.3 Å². The maximum Gasteiger partial charge on any atom is 0.297 e. The molecule has 1 aromatic heterocycles. The molecule has 1 aromatic carbocycles. The van der Waals surface area contributed by atoms with Gasteiger partial charge in [-0.3, -0.25) is 4.18 Å². The topological polar surface area (TPSA) is 72.4 Å². The largest absolute Gasteiger partial charge is 0.355 e. The zero-order valence-electron chi connectivity index (χ0n) is 12.9. The van der Waals surface area contributed by atoms with E-state index in [2.05, 4.69) is 15.1 Å². The minimum absolute atomic E-state index is 0.208. The summed E-state index contributed by atoms with van der Waals surface area (Å²) in [7, 11) is -3.71. The number of nitrogens with zero attached hydrogens (tertiary/aromatic N) is 3. The van der Waals surface area contributed by atoms with Gasteiger partial charge >= 0.3 is 0 Å². The van der Waals surface area contributed by atoms with Crippen molar-refractivity contribution in [1.82, 2.24) is 10.2 Å². The van der Waals surface area contributed by atoms with Crippen molar-refractivity contribution in [2.24, 2.45) is 0 Å². The Labute approximate surface area is 136 Å². The van der Waals surface area contributed by atoms with Crippen molar-refractivity contribution in [3.63, 3.8) is 0 Å². The Bertz CT molecular complexity index is 740. The highest BCUT2D eigenvalue weighted by Gasteiger charge is 2.26. The number of aryl methyl sites for hydroxylation is 1. The van der Waals surface area contributed by atoms with Gasteiger partial charge in [-0.1, -0.05) is 17.7 Å². The molecule has 1 saturated heterocycles. The fourth-order valence-electron chi connectivity index (χ4n) is 2.58. The first kappa shape index (κ1) is 15.9. The molecular formula is C16H19N3O3S. The van der Waals surface area contributed by atoms with E-state index in [4.69, 9.17) is 4.18 Å². The maximum absolute atomic E-state index is 12.3. The Morgan fingerprint density at radius 1 is 1.13 bits per heavy atom. The molecule has 0 atom stereocenters. The first-order chi connectivity index (χ1) is 11.0. The van der Waals surface area contributed by atoms with Crippen molar-refractivity contribution < 1.29 is 12.6 Å². The van der Waals surface area contributed by atoms with Crippen molar-refractivity contribution in [2.75, 3.05) is 18.0 Å². The summed E-state index contributed by atoms with van der Waals surface area (Å²) < 4.78 is 30.0. The second-order valence-electron chi connectivity index (χ2n) is 5.63. The smallest absolute Gasteiger partial charge is 0.297 e. The summed E-state index contributed by atoms with van der Waals surface area (Å²) in [5, 5.41) is 7.94. The standard InChI is InChI=1S/C16H19N3O3S/c1-13-4-6-15(7-5-13)23(20,21)22-14-8-11-19(12-9-14)16-3-2-10-17-18-16/h2-7,10,14H,8-9,11-12H2,1H3. The van der Waals surface area contributed by atoms with Gasteiger partial charge in [0.2, 0.25) is 0 Å². The van der Waals surface area contributed by atoms with E-state index < -0.39 is 10.1 Å². The third-order valence-electron chi connectivity index (χ3n) is 3.90. The van der Waals surface area contributed by atoms with E-state index >= 15 is 0 Å². The molecular weight excluding hydrogens is 314 g/mol. The molecule has 7 heteroatoms. The van der Waals surface area contributed by atoms with E-state index in [1.54, 1.807) is 30.5 Å². The zero-order valence-corrected chi connectivity index (χ0v) is 13.7. The fourth-order valence-corrected chi connectivity index (χ4v) is 3.71. The summed E-state index contributed by atoms with van der Waals surface area (Å²) >= 11 is 0. The van der Waals surface area contributed by atoms with E-state index in [1.807, 2.05) is 19.1 Å². The Morgan fingerprint density at radius 2 is 1.83 bits per heavy atom. The fraction of sp³-hybridized carbons (Fsp3) is 0.375. The Kier molecular flexibility index (Phi) is 4.58. The van der Waals surface area contributed by atoms with Gasteiger partial charge < -0.3 is 4.90 Å². The molecule has 3 rings (SSSR count). The van der Waals surface area contributed by atoms with E-state index in [9.17, 15) is 8.42 Å². The van der Waals surface area contributed by atoms with Crippen LogP contribution in [0.2, 0.25) is 0 Å². The number of hydrogen-bond acceptors (Lipinski definition) is 6. The molecule has 0 aliphatic carbocycles. The summed E-state index contributed by atoms with van der Waals surface area (Å²) in [5.74, 6) is 0.812. The number of benzene rings is 1. The van der Waals surface area contributed by atoms with Crippen LogP contribution in [0.1, 0.15) is 18.4 Å². The molecule has 122 valence electrons. The molecule has 0 bridgehead atoms. The first-order valence-electron chi connectivity index (χ1n) is 7.57. The lowest BCUT2D eigenvalue weighted by Gasteiger charge is -2.31. The second kappa shape index (κ2) is 6.64. The molecule has 0 radical (unpaired) electrons. The monoisotopic (exact) mass is 333 g/mol. The van der Waals surface area contributed by atoms with Crippen LogP contribution in [0.4, 0.5) is 5.82 Å². The highest BCUT2D eigenvalue weighted by atomic mass is 32.2. The lowest BCUT2D eigenvalue weighted by molar-refractivity contribution is 0.178. The predicted molar refractivity (Wildman–Crippen MR) is 86.7 cm³/mol. The lowest BCUT2D eigenvalue weighted by Crippen LogP contribution is -2.38. The summed E-state index contributed by atoms with van der Waals surface area (Å²) in [6.07, 6.45) is 2.62. The van der Waals surface area contributed by atoms with Crippen molar-refractivity contribution in [2.45, 2.75) is 30.8 Å². The van der Waals surface area contributed by atoms with E-state index in [1.165, 1.54) is 0 Å². The summed E-state index contributed by atoms with van der Waals surface area (Å²) in [4.78, 5) is 2.30. The Hall–Kier alpha value is -1.99. The number of piperidine rings is 1. The van der Waals surface area contributed by atoms with Gasteiger partial charge in [0.05, 0.1) is 11.0 Å². The number of aromatic nitrogens is 2.